The fourth-order valence-corrected chi connectivity index (χ4v) is 3.47. The summed E-state index contributed by atoms with van der Waals surface area (Å²) in [5.41, 5.74) is 0.905. The summed E-state index contributed by atoms with van der Waals surface area (Å²) in [6, 6.07) is 5.40. The van der Waals surface area contributed by atoms with Crippen molar-refractivity contribution in [1.82, 2.24) is 14.8 Å². The largest absolute Gasteiger partial charge is 0.438 e. The fraction of sp³-hybridized carbons (Fsp3) is 0.421. The number of nitrogens with zero attached hydrogens (tertiary/aromatic N) is 3. The molecule has 2 aliphatic heterocycles. The number of aryl methyl sites for hydroxylation is 1. The minimum atomic E-state index is -1.10. The van der Waals surface area contributed by atoms with Crippen molar-refractivity contribution in [2.45, 2.75) is 12.7 Å². The number of halogens is 1. The van der Waals surface area contributed by atoms with E-state index in [0.29, 0.717) is 24.3 Å². The molecule has 2 saturated heterocycles. The molecule has 8 nitrogen and oxygen atoms in total. The van der Waals surface area contributed by atoms with E-state index in [4.69, 9.17) is 13.9 Å². The number of hydrogen-bond donors (Lipinski definition) is 0. The van der Waals surface area contributed by atoms with Gasteiger partial charge in [-0.15, -0.1) is 0 Å². The average molecular weight is 389 g/mol. The maximum atomic E-state index is 13.1. The van der Waals surface area contributed by atoms with E-state index in [9.17, 15) is 14.0 Å². The van der Waals surface area contributed by atoms with Gasteiger partial charge in [-0.2, -0.15) is 0 Å². The van der Waals surface area contributed by atoms with Gasteiger partial charge in [0.15, 0.2) is 6.39 Å². The molecule has 2 aromatic rings. The van der Waals surface area contributed by atoms with Crippen LogP contribution in [0.15, 0.2) is 35.1 Å². The lowest BCUT2D eigenvalue weighted by molar-refractivity contribution is -0.282. The monoisotopic (exact) mass is 389 g/mol. The van der Waals surface area contributed by atoms with Crippen LogP contribution in [0.4, 0.5) is 4.39 Å². The van der Waals surface area contributed by atoms with Crippen LogP contribution in [-0.4, -0.2) is 71.8 Å². The van der Waals surface area contributed by atoms with Crippen molar-refractivity contribution in [3.8, 4) is 0 Å². The minimum absolute atomic E-state index is 0.166. The minimum Gasteiger partial charge on any atom is -0.438 e. The molecule has 0 bridgehead atoms. The number of morpholine rings is 2. The van der Waals surface area contributed by atoms with Crippen LogP contribution in [0.2, 0.25) is 0 Å². The van der Waals surface area contributed by atoms with Gasteiger partial charge in [0.1, 0.15) is 5.82 Å². The van der Waals surface area contributed by atoms with E-state index in [-0.39, 0.29) is 43.9 Å². The van der Waals surface area contributed by atoms with Crippen molar-refractivity contribution in [2.75, 3.05) is 39.4 Å². The van der Waals surface area contributed by atoms with Crippen molar-refractivity contribution in [1.29, 1.82) is 0 Å². The highest BCUT2D eigenvalue weighted by molar-refractivity contribution is 5.94. The number of ether oxygens (including phenoxy) is 2. The average Bonchev–Trinajstić information content (AvgIpc) is 3.13. The number of oxazole rings is 1. The molecule has 0 aliphatic carbocycles. The molecule has 9 heteroatoms. The summed E-state index contributed by atoms with van der Waals surface area (Å²) in [4.78, 5) is 32.7. The molecule has 28 heavy (non-hydrogen) atoms. The zero-order valence-electron chi connectivity index (χ0n) is 15.4. The molecule has 1 aromatic carbocycles. The molecule has 1 spiro atoms. The Hall–Kier alpha value is -2.78. The van der Waals surface area contributed by atoms with Crippen molar-refractivity contribution >= 4 is 11.8 Å². The summed E-state index contributed by atoms with van der Waals surface area (Å²) in [6.45, 7) is 3.36. The quantitative estimate of drug-likeness (QED) is 0.773. The molecular weight excluding hydrogens is 369 g/mol. The third-order valence-electron chi connectivity index (χ3n) is 4.92. The van der Waals surface area contributed by atoms with Gasteiger partial charge in [0, 0.05) is 18.7 Å². The second-order valence-corrected chi connectivity index (χ2v) is 6.83. The van der Waals surface area contributed by atoms with Gasteiger partial charge in [0.25, 0.3) is 11.8 Å². The van der Waals surface area contributed by atoms with Crippen LogP contribution in [0.25, 0.3) is 0 Å². The Kier molecular flexibility index (Phi) is 4.86. The van der Waals surface area contributed by atoms with E-state index < -0.39 is 11.6 Å². The normalized spacial score (nSPS) is 22.5. The Bertz CT molecular complexity index is 880. The smallest absolute Gasteiger partial charge is 0.291 e. The Balaban J connectivity index is 1.49. The lowest BCUT2D eigenvalue weighted by Gasteiger charge is -2.47. The predicted molar refractivity (Wildman–Crippen MR) is 94.1 cm³/mol. The Morgan fingerprint density at radius 1 is 1.04 bits per heavy atom. The first-order valence-corrected chi connectivity index (χ1v) is 9.00. The zero-order valence-corrected chi connectivity index (χ0v) is 15.4. The van der Waals surface area contributed by atoms with Gasteiger partial charge in [-0.05, 0) is 31.2 Å². The second kappa shape index (κ2) is 7.33. The second-order valence-electron chi connectivity index (χ2n) is 6.83. The van der Waals surface area contributed by atoms with Crippen LogP contribution in [0.1, 0.15) is 26.6 Å². The molecule has 2 amide bonds. The van der Waals surface area contributed by atoms with E-state index in [0.717, 1.165) is 0 Å². The van der Waals surface area contributed by atoms with Crippen LogP contribution in [0.5, 0.6) is 0 Å². The topological polar surface area (TPSA) is 85.1 Å². The molecule has 1 unspecified atom stereocenters. The summed E-state index contributed by atoms with van der Waals surface area (Å²) >= 11 is 0. The molecule has 0 N–H and O–H groups in total. The predicted octanol–water partition coefficient (Wildman–Crippen LogP) is 1.46. The zero-order chi connectivity index (χ0) is 19.7. The molecule has 1 atom stereocenters. The number of benzene rings is 1. The Morgan fingerprint density at radius 2 is 1.64 bits per heavy atom. The van der Waals surface area contributed by atoms with E-state index in [1.54, 1.807) is 16.7 Å². The number of carbonyl (C=O) groups excluding carboxylic acids is 2. The highest BCUT2D eigenvalue weighted by atomic mass is 19.1. The number of hydrogen-bond acceptors (Lipinski definition) is 6. The first-order chi connectivity index (χ1) is 13.5. The SMILES string of the molecule is Cc1ncoc1C(=O)N1CCOC2(CN(C(=O)c3ccc(F)cc3)CCO2)C1. The van der Waals surface area contributed by atoms with E-state index in [1.807, 2.05) is 0 Å². The Morgan fingerprint density at radius 3 is 2.21 bits per heavy atom. The van der Waals surface area contributed by atoms with E-state index in [2.05, 4.69) is 4.98 Å². The lowest BCUT2D eigenvalue weighted by atomic mass is 10.1. The summed E-state index contributed by atoms with van der Waals surface area (Å²) in [7, 11) is 0. The molecule has 1 aromatic heterocycles. The maximum Gasteiger partial charge on any atom is 0.291 e. The molecule has 148 valence electrons. The van der Waals surface area contributed by atoms with Crippen LogP contribution in [0, 0.1) is 12.7 Å². The van der Waals surface area contributed by atoms with Crippen molar-refractivity contribution in [3.05, 3.63) is 53.5 Å². The molecule has 0 saturated carbocycles. The molecule has 2 aliphatic rings. The van der Waals surface area contributed by atoms with Gasteiger partial charge >= 0.3 is 0 Å². The summed E-state index contributed by atoms with van der Waals surface area (Å²) < 4.78 is 30.0. The van der Waals surface area contributed by atoms with Crippen molar-refractivity contribution < 1.29 is 27.9 Å². The Labute approximate surface area is 160 Å². The highest BCUT2D eigenvalue weighted by Gasteiger charge is 2.45. The maximum absolute atomic E-state index is 13.1. The number of amides is 2. The molecule has 2 fully saturated rings. The van der Waals surface area contributed by atoms with Gasteiger partial charge < -0.3 is 23.7 Å². The first-order valence-electron chi connectivity index (χ1n) is 9.00. The fourth-order valence-electron chi connectivity index (χ4n) is 3.47. The van der Waals surface area contributed by atoms with Crippen LogP contribution < -0.4 is 0 Å². The van der Waals surface area contributed by atoms with Gasteiger partial charge in [-0.1, -0.05) is 0 Å². The van der Waals surface area contributed by atoms with Gasteiger partial charge in [0.2, 0.25) is 11.5 Å². The van der Waals surface area contributed by atoms with E-state index >= 15 is 0 Å². The van der Waals surface area contributed by atoms with Crippen molar-refractivity contribution in [2.24, 2.45) is 0 Å². The van der Waals surface area contributed by atoms with Gasteiger partial charge in [-0.25, -0.2) is 9.37 Å². The van der Waals surface area contributed by atoms with Gasteiger partial charge in [0.05, 0.1) is 32.0 Å². The molecular formula is C19H20FN3O5. The van der Waals surface area contributed by atoms with Crippen molar-refractivity contribution in [3.63, 3.8) is 0 Å². The first kappa shape index (κ1) is 18.6. The molecule has 3 heterocycles. The molecule has 0 radical (unpaired) electrons. The molecule has 4 rings (SSSR count). The third kappa shape index (κ3) is 3.50. The highest BCUT2D eigenvalue weighted by Crippen LogP contribution is 2.27. The summed E-state index contributed by atoms with van der Waals surface area (Å²) in [6.07, 6.45) is 1.24. The third-order valence-corrected chi connectivity index (χ3v) is 4.92. The number of aromatic nitrogens is 1. The van der Waals surface area contributed by atoms with Crippen LogP contribution in [0.3, 0.4) is 0 Å². The summed E-state index contributed by atoms with van der Waals surface area (Å²) in [5.74, 6) is -1.84. The number of rotatable bonds is 2. The van der Waals surface area contributed by atoms with E-state index in [1.165, 1.54) is 30.7 Å². The summed E-state index contributed by atoms with van der Waals surface area (Å²) in [5, 5.41) is 0. The number of carbonyl (C=O) groups is 2. The standard InChI is InChI=1S/C19H20FN3O5/c1-13-16(26-12-21-13)18(25)23-7-9-28-19(11-23)10-22(6-8-27-19)17(24)14-2-4-15(20)5-3-14/h2-5,12H,6-11H2,1H3. The van der Waals surface area contributed by atoms with Crippen LogP contribution >= 0.6 is 0 Å². The van der Waals surface area contributed by atoms with Crippen LogP contribution in [-0.2, 0) is 9.47 Å². The lowest BCUT2D eigenvalue weighted by Crippen LogP contribution is -2.63. The van der Waals surface area contributed by atoms with Gasteiger partial charge in [-0.3, -0.25) is 9.59 Å².